The fourth-order valence-corrected chi connectivity index (χ4v) is 2.01. The van der Waals surface area contributed by atoms with Crippen molar-refractivity contribution in [3.05, 3.63) is 29.6 Å². The zero-order chi connectivity index (χ0) is 15.6. The standard InChI is InChI=1S/C15H20N2O4/c1-10(18)11-7-16-17-12(11)5-6-14(13(17)8-20-4)21-9-15(2,3)19/h5-7,19H,8-9H2,1-4H3. The van der Waals surface area contributed by atoms with Crippen molar-refractivity contribution < 1.29 is 19.4 Å². The summed E-state index contributed by atoms with van der Waals surface area (Å²) in [6, 6.07) is 3.55. The van der Waals surface area contributed by atoms with Gasteiger partial charge in [0.15, 0.2) is 5.78 Å². The SMILES string of the molecule is COCc1c(OCC(C)(C)O)ccc2c(C(C)=O)cnn12. The van der Waals surface area contributed by atoms with E-state index in [0.717, 1.165) is 0 Å². The molecule has 0 atom stereocenters. The van der Waals surface area contributed by atoms with E-state index in [-0.39, 0.29) is 19.0 Å². The number of nitrogens with zero attached hydrogens (tertiary/aromatic N) is 2. The van der Waals surface area contributed by atoms with Gasteiger partial charge in [0, 0.05) is 7.11 Å². The first kappa shape index (κ1) is 15.5. The first-order valence-corrected chi connectivity index (χ1v) is 6.68. The van der Waals surface area contributed by atoms with Crippen molar-refractivity contribution in [2.45, 2.75) is 33.0 Å². The van der Waals surface area contributed by atoms with Crippen LogP contribution in [0.2, 0.25) is 0 Å². The number of aliphatic hydroxyl groups is 1. The van der Waals surface area contributed by atoms with Crippen LogP contribution in [0.4, 0.5) is 0 Å². The van der Waals surface area contributed by atoms with Crippen molar-refractivity contribution in [1.82, 2.24) is 9.61 Å². The molecule has 114 valence electrons. The van der Waals surface area contributed by atoms with Gasteiger partial charge >= 0.3 is 0 Å². The third-order valence-electron chi connectivity index (χ3n) is 2.98. The molecule has 0 bridgehead atoms. The Kier molecular flexibility index (Phi) is 4.29. The second-order valence-electron chi connectivity index (χ2n) is 5.59. The highest BCUT2D eigenvalue weighted by Crippen LogP contribution is 2.24. The maximum Gasteiger partial charge on any atom is 0.163 e. The van der Waals surface area contributed by atoms with Gasteiger partial charge in [-0.2, -0.15) is 5.10 Å². The molecule has 2 aromatic rings. The average molecular weight is 292 g/mol. The van der Waals surface area contributed by atoms with Crippen LogP contribution >= 0.6 is 0 Å². The normalized spacial score (nSPS) is 11.9. The largest absolute Gasteiger partial charge is 0.489 e. The van der Waals surface area contributed by atoms with Gasteiger partial charge in [-0.05, 0) is 32.9 Å². The van der Waals surface area contributed by atoms with Gasteiger partial charge < -0.3 is 14.6 Å². The number of Topliss-reactive ketones (excluding diaryl/α,β-unsaturated/α-hetero) is 1. The molecular weight excluding hydrogens is 272 g/mol. The van der Waals surface area contributed by atoms with E-state index in [0.29, 0.717) is 22.5 Å². The van der Waals surface area contributed by atoms with Crippen LogP contribution < -0.4 is 4.74 Å². The van der Waals surface area contributed by atoms with E-state index in [4.69, 9.17) is 9.47 Å². The van der Waals surface area contributed by atoms with Crippen LogP contribution in [0.5, 0.6) is 5.75 Å². The number of carbonyl (C=O) groups is 1. The van der Waals surface area contributed by atoms with Gasteiger partial charge in [0.2, 0.25) is 0 Å². The first-order valence-electron chi connectivity index (χ1n) is 6.68. The molecule has 1 N–H and O–H groups in total. The molecule has 2 aromatic heterocycles. The summed E-state index contributed by atoms with van der Waals surface area (Å²) in [7, 11) is 1.58. The zero-order valence-corrected chi connectivity index (χ0v) is 12.7. The Balaban J connectivity index is 2.46. The number of ether oxygens (including phenoxy) is 2. The highest BCUT2D eigenvalue weighted by Gasteiger charge is 2.18. The van der Waals surface area contributed by atoms with Crippen LogP contribution in [0.25, 0.3) is 5.52 Å². The molecular formula is C15H20N2O4. The number of ketones is 1. The third-order valence-corrected chi connectivity index (χ3v) is 2.98. The van der Waals surface area contributed by atoms with Crippen LogP contribution in [0, 0.1) is 0 Å². The molecule has 2 rings (SSSR count). The Labute approximate surface area is 123 Å². The maximum atomic E-state index is 11.6. The summed E-state index contributed by atoms with van der Waals surface area (Å²) in [5.74, 6) is 0.531. The number of pyridine rings is 1. The number of hydrogen-bond donors (Lipinski definition) is 1. The number of rotatable bonds is 6. The molecule has 0 aliphatic carbocycles. The summed E-state index contributed by atoms with van der Waals surface area (Å²) in [5.41, 5.74) is 1.03. The summed E-state index contributed by atoms with van der Waals surface area (Å²) in [4.78, 5) is 11.6. The minimum Gasteiger partial charge on any atom is -0.489 e. The third kappa shape index (κ3) is 3.40. The summed E-state index contributed by atoms with van der Waals surface area (Å²) in [6.07, 6.45) is 1.54. The van der Waals surface area contributed by atoms with Crippen molar-refractivity contribution >= 4 is 11.3 Å². The molecule has 0 saturated carbocycles. The van der Waals surface area contributed by atoms with Gasteiger partial charge in [-0.15, -0.1) is 0 Å². The van der Waals surface area contributed by atoms with E-state index in [1.54, 1.807) is 37.6 Å². The molecule has 6 heteroatoms. The molecule has 0 aromatic carbocycles. The summed E-state index contributed by atoms with van der Waals surface area (Å²) >= 11 is 0. The molecule has 0 saturated heterocycles. The quantitative estimate of drug-likeness (QED) is 0.822. The lowest BCUT2D eigenvalue weighted by Gasteiger charge is -2.19. The fourth-order valence-electron chi connectivity index (χ4n) is 2.01. The van der Waals surface area contributed by atoms with Crippen molar-refractivity contribution in [2.24, 2.45) is 0 Å². The van der Waals surface area contributed by atoms with Gasteiger partial charge in [-0.3, -0.25) is 4.79 Å². The van der Waals surface area contributed by atoms with E-state index in [2.05, 4.69) is 5.10 Å². The molecule has 0 unspecified atom stereocenters. The van der Waals surface area contributed by atoms with Crippen LogP contribution in [0.15, 0.2) is 18.3 Å². The number of carbonyl (C=O) groups excluding carboxylic acids is 1. The monoisotopic (exact) mass is 292 g/mol. The van der Waals surface area contributed by atoms with E-state index in [1.807, 2.05) is 0 Å². The summed E-state index contributed by atoms with van der Waals surface area (Å²) in [6.45, 7) is 5.28. The van der Waals surface area contributed by atoms with E-state index >= 15 is 0 Å². The van der Waals surface area contributed by atoms with Gasteiger partial charge in [0.05, 0.1) is 29.5 Å². The molecule has 6 nitrogen and oxygen atoms in total. The molecule has 2 heterocycles. The smallest absolute Gasteiger partial charge is 0.163 e. The Bertz CT molecular complexity index is 655. The van der Waals surface area contributed by atoms with Crippen LogP contribution in [-0.4, -0.2) is 39.8 Å². The van der Waals surface area contributed by atoms with Crippen molar-refractivity contribution in [3.63, 3.8) is 0 Å². The second-order valence-corrected chi connectivity index (χ2v) is 5.59. The Morgan fingerprint density at radius 3 is 2.71 bits per heavy atom. The summed E-state index contributed by atoms with van der Waals surface area (Å²) < 4.78 is 12.5. The number of hydrogen-bond acceptors (Lipinski definition) is 5. The van der Waals surface area contributed by atoms with Crippen LogP contribution in [-0.2, 0) is 11.3 Å². The van der Waals surface area contributed by atoms with E-state index < -0.39 is 5.60 Å². The molecule has 0 aliphatic heterocycles. The molecule has 0 amide bonds. The van der Waals surface area contributed by atoms with Crippen molar-refractivity contribution in [2.75, 3.05) is 13.7 Å². The minimum atomic E-state index is -0.937. The second kappa shape index (κ2) is 5.83. The Hall–Kier alpha value is -1.92. The molecule has 0 spiro atoms. The highest BCUT2D eigenvalue weighted by molar-refractivity contribution is 6.00. The highest BCUT2D eigenvalue weighted by atomic mass is 16.5. The maximum absolute atomic E-state index is 11.6. The Morgan fingerprint density at radius 1 is 1.43 bits per heavy atom. The Morgan fingerprint density at radius 2 is 2.14 bits per heavy atom. The minimum absolute atomic E-state index is 0.0430. The van der Waals surface area contributed by atoms with Gasteiger partial charge in [0.25, 0.3) is 0 Å². The van der Waals surface area contributed by atoms with Gasteiger partial charge in [-0.25, -0.2) is 4.52 Å². The van der Waals surface area contributed by atoms with Gasteiger partial charge in [0.1, 0.15) is 18.1 Å². The van der Waals surface area contributed by atoms with Crippen LogP contribution in [0.1, 0.15) is 36.8 Å². The number of aromatic nitrogens is 2. The fraction of sp³-hybridized carbons (Fsp3) is 0.467. The zero-order valence-electron chi connectivity index (χ0n) is 12.7. The number of fused-ring (bicyclic) bond motifs is 1. The predicted molar refractivity (Wildman–Crippen MR) is 77.7 cm³/mol. The summed E-state index contributed by atoms with van der Waals surface area (Å²) in [5, 5.41) is 14.0. The van der Waals surface area contributed by atoms with E-state index in [1.165, 1.54) is 13.1 Å². The molecule has 0 fully saturated rings. The van der Waals surface area contributed by atoms with Crippen LogP contribution in [0.3, 0.4) is 0 Å². The topological polar surface area (TPSA) is 73.1 Å². The molecule has 21 heavy (non-hydrogen) atoms. The lowest BCUT2D eigenvalue weighted by atomic mass is 10.1. The average Bonchev–Trinajstić information content (AvgIpc) is 2.81. The predicted octanol–water partition coefficient (Wildman–Crippen LogP) is 1.83. The van der Waals surface area contributed by atoms with E-state index in [9.17, 15) is 9.90 Å². The van der Waals surface area contributed by atoms with Crippen molar-refractivity contribution in [3.8, 4) is 5.75 Å². The molecule has 0 aliphatic rings. The van der Waals surface area contributed by atoms with Crippen molar-refractivity contribution in [1.29, 1.82) is 0 Å². The first-order chi connectivity index (χ1) is 9.83. The molecule has 0 radical (unpaired) electrons. The lowest BCUT2D eigenvalue weighted by Crippen LogP contribution is -2.28. The number of methoxy groups -OCH3 is 1. The van der Waals surface area contributed by atoms with Gasteiger partial charge in [-0.1, -0.05) is 0 Å². The lowest BCUT2D eigenvalue weighted by molar-refractivity contribution is 0.0271.